The lowest BCUT2D eigenvalue weighted by molar-refractivity contribution is 0.408. The van der Waals surface area contributed by atoms with Gasteiger partial charge in [0, 0.05) is 17.3 Å². The van der Waals surface area contributed by atoms with Gasteiger partial charge in [-0.15, -0.1) is 0 Å². The van der Waals surface area contributed by atoms with Crippen LogP contribution in [0.15, 0.2) is 58.0 Å². The summed E-state index contributed by atoms with van der Waals surface area (Å²) in [5.41, 5.74) is 2.85. The summed E-state index contributed by atoms with van der Waals surface area (Å²) in [6.45, 7) is 1.82. The maximum Gasteiger partial charge on any atom is 0.185 e. The minimum absolute atomic E-state index is 0.173. The number of benzene rings is 2. The van der Waals surface area contributed by atoms with E-state index in [4.69, 9.17) is 9.26 Å². The number of phenolic OH excluding ortho intramolecular Hbond substituents is 1. The van der Waals surface area contributed by atoms with Crippen molar-refractivity contribution in [2.24, 2.45) is 4.99 Å². The van der Waals surface area contributed by atoms with Crippen LogP contribution in [-0.4, -0.2) is 23.6 Å². The van der Waals surface area contributed by atoms with Crippen molar-refractivity contribution in [3.05, 3.63) is 71.1 Å². The highest BCUT2D eigenvalue weighted by atomic mass is 16.5. The number of aliphatic imine (C=N–C) groups is 1. The van der Waals surface area contributed by atoms with Crippen LogP contribution in [-0.2, 0) is 0 Å². The molecule has 0 saturated heterocycles. The fourth-order valence-electron chi connectivity index (χ4n) is 2.35. The summed E-state index contributed by atoms with van der Waals surface area (Å²) in [7, 11) is 1.63. The first-order valence-corrected chi connectivity index (χ1v) is 7.78. The lowest BCUT2D eigenvalue weighted by Gasteiger charge is -2.02. The highest BCUT2D eigenvalue weighted by molar-refractivity contribution is 5.86. The van der Waals surface area contributed by atoms with E-state index in [0.717, 1.165) is 11.3 Å². The second-order valence-electron chi connectivity index (χ2n) is 5.37. The minimum Gasteiger partial charge on any atom is -0.507 e. The molecule has 0 spiro atoms. The molecule has 3 rings (SSSR count). The van der Waals surface area contributed by atoms with Crippen LogP contribution in [0.4, 0.5) is 5.69 Å². The molecular weight excluding hydrogens is 316 g/mol. The maximum absolute atomic E-state index is 9.83. The van der Waals surface area contributed by atoms with E-state index < -0.39 is 0 Å². The van der Waals surface area contributed by atoms with Gasteiger partial charge in [0.25, 0.3) is 0 Å². The lowest BCUT2D eigenvalue weighted by Crippen LogP contribution is -1.85. The van der Waals surface area contributed by atoms with E-state index in [1.807, 2.05) is 43.3 Å². The molecule has 0 unspecified atom stereocenters. The van der Waals surface area contributed by atoms with Gasteiger partial charge in [-0.3, -0.25) is 4.99 Å². The van der Waals surface area contributed by atoms with Gasteiger partial charge in [-0.1, -0.05) is 35.5 Å². The molecule has 1 aromatic heterocycles. The van der Waals surface area contributed by atoms with E-state index in [9.17, 15) is 5.11 Å². The Labute approximate surface area is 145 Å². The van der Waals surface area contributed by atoms with Gasteiger partial charge in [0.1, 0.15) is 22.9 Å². The number of methoxy groups -OCH3 is 1. The summed E-state index contributed by atoms with van der Waals surface area (Å²) >= 11 is 0. The van der Waals surface area contributed by atoms with Crippen molar-refractivity contribution in [1.82, 2.24) is 5.16 Å². The number of aromatic hydroxyl groups is 1. The highest BCUT2D eigenvalue weighted by Gasteiger charge is 2.09. The minimum atomic E-state index is 0.173. The van der Waals surface area contributed by atoms with Gasteiger partial charge in [-0.05, 0) is 37.3 Å². The van der Waals surface area contributed by atoms with Crippen molar-refractivity contribution in [2.45, 2.75) is 6.92 Å². The van der Waals surface area contributed by atoms with Crippen molar-refractivity contribution in [3.63, 3.8) is 0 Å². The number of aromatic nitrogens is 1. The largest absolute Gasteiger partial charge is 0.507 e. The number of rotatable bonds is 5. The van der Waals surface area contributed by atoms with Crippen molar-refractivity contribution < 1.29 is 14.4 Å². The Morgan fingerprint density at radius 2 is 1.76 bits per heavy atom. The molecule has 0 aliphatic heterocycles. The fraction of sp³-hybridized carbons (Fsp3) is 0.100. The molecule has 5 nitrogen and oxygen atoms in total. The Morgan fingerprint density at radius 3 is 2.52 bits per heavy atom. The first-order chi connectivity index (χ1) is 12.2. The molecule has 0 aliphatic carbocycles. The van der Waals surface area contributed by atoms with Crippen LogP contribution < -0.4 is 4.74 Å². The smallest absolute Gasteiger partial charge is 0.185 e. The maximum atomic E-state index is 9.83. The van der Waals surface area contributed by atoms with E-state index in [2.05, 4.69) is 10.1 Å². The van der Waals surface area contributed by atoms with Crippen LogP contribution in [0.5, 0.6) is 11.5 Å². The zero-order chi connectivity index (χ0) is 17.6. The second kappa shape index (κ2) is 7.49. The lowest BCUT2D eigenvalue weighted by atomic mass is 10.1. The summed E-state index contributed by atoms with van der Waals surface area (Å²) in [6.07, 6.45) is 5.28. The average molecular weight is 334 g/mol. The fourth-order valence-corrected chi connectivity index (χ4v) is 2.35. The van der Waals surface area contributed by atoms with Gasteiger partial charge in [-0.25, -0.2) is 0 Å². The Bertz CT molecular complexity index is 926. The molecule has 2 aromatic carbocycles. The van der Waals surface area contributed by atoms with Gasteiger partial charge in [-0.2, -0.15) is 0 Å². The molecule has 1 heterocycles. The molecule has 0 fully saturated rings. The molecule has 0 saturated carbocycles. The van der Waals surface area contributed by atoms with Gasteiger partial charge < -0.3 is 14.4 Å². The van der Waals surface area contributed by atoms with E-state index in [0.29, 0.717) is 22.7 Å². The number of hydrogen-bond acceptors (Lipinski definition) is 5. The van der Waals surface area contributed by atoms with Gasteiger partial charge in [0.15, 0.2) is 5.76 Å². The number of phenols is 1. The molecule has 5 heteroatoms. The monoisotopic (exact) mass is 334 g/mol. The molecule has 3 aromatic rings. The van der Waals surface area contributed by atoms with Crippen LogP contribution in [0.3, 0.4) is 0 Å². The molecule has 126 valence electrons. The molecular formula is C20H18N2O3. The van der Waals surface area contributed by atoms with Crippen molar-refractivity contribution in [3.8, 4) is 11.5 Å². The van der Waals surface area contributed by atoms with Crippen LogP contribution in [0.1, 0.15) is 22.6 Å². The van der Waals surface area contributed by atoms with E-state index in [1.54, 1.807) is 37.6 Å². The molecule has 0 bridgehead atoms. The Balaban J connectivity index is 1.89. The third kappa shape index (κ3) is 3.77. The number of para-hydroxylation sites is 2. The predicted octanol–water partition coefficient (Wildman–Crippen LogP) is 4.62. The van der Waals surface area contributed by atoms with Crippen LogP contribution in [0.2, 0.25) is 0 Å². The van der Waals surface area contributed by atoms with Crippen LogP contribution in [0, 0.1) is 6.92 Å². The molecule has 1 N–H and O–H groups in total. The summed E-state index contributed by atoms with van der Waals surface area (Å²) in [4.78, 5) is 4.43. The van der Waals surface area contributed by atoms with Crippen molar-refractivity contribution >= 4 is 24.1 Å². The average Bonchev–Trinajstić information content (AvgIpc) is 2.99. The highest BCUT2D eigenvalue weighted by Crippen LogP contribution is 2.27. The first-order valence-electron chi connectivity index (χ1n) is 7.78. The van der Waals surface area contributed by atoms with Crippen LogP contribution in [0.25, 0.3) is 12.2 Å². The molecule has 0 aliphatic rings. The Kier molecular flexibility index (Phi) is 4.95. The summed E-state index contributed by atoms with van der Waals surface area (Å²) in [6, 6.07) is 14.7. The van der Waals surface area contributed by atoms with E-state index in [1.165, 1.54) is 0 Å². The molecule has 0 amide bonds. The summed E-state index contributed by atoms with van der Waals surface area (Å²) in [5.74, 6) is 1.48. The Hall–Kier alpha value is -3.34. The van der Waals surface area contributed by atoms with Gasteiger partial charge in [0.2, 0.25) is 0 Å². The quantitative estimate of drug-likeness (QED) is 0.691. The normalized spacial score (nSPS) is 11.4. The Morgan fingerprint density at radius 1 is 1.04 bits per heavy atom. The number of hydrogen-bond donors (Lipinski definition) is 1. The number of aryl methyl sites for hydroxylation is 1. The zero-order valence-electron chi connectivity index (χ0n) is 14.0. The van der Waals surface area contributed by atoms with Crippen molar-refractivity contribution in [1.29, 1.82) is 0 Å². The summed E-state index contributed by atoms with van der Waals surface area (Å²) < 4.78 is 10.7. The number of nitrogens with zero attached hydrogens (tertiary/aromatic N) is 2. The van der Waals surface area contributed by atoms with Crippen LogP contribution >= 0.6 is 0 Å². The van der Waals surface area contributed by atoms with E-state index >= 15 is 0 Å². The second-order valence-corrected chi connectivity index (χ2v) is 5.37. The molecule has 0 radical (unpaired) electrons. The first kappa shape index (κ1) is 16.5. The molecule has 25 heavy (non-hydrogen) atoms. The molecule has 0 atom stereocenters. The topological polar surface area (TPSA) is 67.9 Å². The van der Waals surface area contributed by atoms with Crippen molar-refractivity contribution in [2.75, 3.05) is 7.11 Å². The standard InChI is InChI=1S/C20H18N2O3/c1-14-20(21-13-16-8-3-5-9-17(16)23)19(25-22-14)12-11-15-7-4-6-10-18(15)24-2/h3-13,23H,1-2H3/b12-11+,21-13?. The zero-order valence-corrected chi connectivity index (χ0v) is 14.0. The predicted molar refractivity (Wildman–Crippen MR) is 98.5 cm³/mol. The third-order valence-corrected chi connectivity index (χ3v) is 3.68. The van der Waals surface area contributed by atoms with E-state index in [-0.39, 0.29) is 5.75 Å². The summed E-state index contributed by atoms with van der Waals surface area (Å²) in [5, 5.41) is 13.8. The SMILES string of the molecule is COc1ccccc1/C=C/c1onc(C)c1N=Cc1ccccc1O. The van der Waals surface area contributed by atoms with Gasteiger partial charge >= 0.3 is 0 Å². The van der Waals surface area contributed by atoms with Gasteiger partial charge in [0.05, 0.1) is 7.11 Å². The third-order valence-electron chi connectivity index (χ3n) is 3.68. The number of ether oxygens (including phenoxy) is 1.